The van der Waals surface area contributed by atoms with E-state index in [1.165, 1.54) is 18.5 Å². The molecule has 5 nitrogen and oxygen atoms in total. The zero-order chi connectivity index (χ0) is 12.2. The van der Waals surface area contributed by atoms with E-state index in [1.807, 2.05) is 6.92 Å². The van der Waals surface area contributed by atoms with Gasteiger partial charge in [-0.05, 0) is 38.2 Å². The normalized spacial score (nSPS) is 14.7. The fourth-order valence-corrected chi connectivity index (χ4v) is 2.70. The van der Waals surface area contributed by atoms with Gasteiger partial charge < -0.3 is 10.8 Å². The van der Waals surface area contributed by atoms with Gasteiger partial charge in [0.2, 0.25) is 0 Å². The number of nitrogens with zero attached hydrogens (tertiary/aromatic N) is 2. The molecule has 1 unspecified atom stereocenters. The minimum atomic E-state index is -1.13. The molecule has 0 aliphatic heterocycles. The van der Waals surface area contributed by atoms with Gasteiger partial charge in [-0.3, -0.25) is 4.79 Å². The zero-order valence-electron chi connectivity index (χ0n) is 9.27. The molecule has 0 aliphatic rings. The van der Waals surface area contributed by atoms with Crippen molar-refractivity contribution in [3.63, 3.8) is 0 Å². The van der Waals surface area contributed by atoms with Crippen LogP contribution in [-0.2, 0) is 4.79 Å². The summed E-state index contributed by atoms with van der Waals surface area (Å²) in [7, 11) is 0. The van der Waals surface area contributed by atoms with E-state index in [-0.39, 0.29) is 0 Å². The summed E-state index contributed by atoms with van der Waals surface area (Å²) < 4.78 is 4.99. The van der Waals surface area contributed by atoms with Crippen LogP contribution in [0.4, 0.5) is 0 Å². The van der Waals surface area contributed by atoms with Crippen LogP contribution < -0.4 is 5.73 Å². The third-order valence-electron chi connectivity index (χ3n) is 2.06. The number of thioether (sulfide) groups is 1. The zero-order valence-corrected chi connectivity index (χ0v) is 10.9. The molecule has 1 aromatic heterocycles. The molecule has 0 radical (unpaired) electrons. The number of nitrogens with two attached hydrogens (primary N) is 1. The lowest BCUT2D eigenvalue weighted by Gasteiger charge is -2.18. The van der Waals surface area contributed by atoms with Crippen LogP contribution in [0.15, 0.2) is 4.34 Å². The molecule has 1 heterocycles. The summed E-state index contributed by atoms with van der Waals surface area (Å²) in [4.78, 5) is 14.9. The number of aryl methyl sites for hydroxylation is 1. The first-order chi connectivity index (χ1) is 7.42. The molecule has 0 fully saturated rings. The van der Waals surface area contributed by atoms with Crippen molar-refractivity contribution < 1.29 is 9.90 Å². The molecule has 1 rings (SSSR count). The Labute approximate surface area is 103 Å². The minimum absolute atomic E-state index is 0.465. The largest absolute Gasteiger partial charge is 0.480 e. The maximum atomic E-state index is 10.7. The predicted molar refractivity (Wildman–Crippen MR) is 64.8 cm³/mol. The molecular weight excluding hydrogens is 246 g/mol. The van der Waals surface area contributed by atoms with E-state index < -0.39 is 11.5 Å². The summed E-state index contributed by atoms with van der Waals surface area (Å²) in [6, 6.07) is 0. The van der Waals surface area contributed by atoms with E-state index in [0.29, 0.717) is 6.42 Å². The molecule has 90 valence electrons. The standard InChI is InChI=1S/C9H15N3O2S2/c1-6-11-8(16-12-6)15-5-3-4-9(2,10)7(13)14/h3-5,10H2,1-2H3,(H,13,14). The van der Waals surface area contributed by atoms with E-state index >= 15 is 0 Å². The van der Waals surface area contributed by atoms with Gasteiger partial charge in [0.1, 0.15) is 11.4 Å². The van der Waals surface area contributed by atoms with Gasteiger partial charge in [-0.25, -0.2) is 4.98 Å². The summed E-state index contributed by atoms with van der Waals surface area (Å²) in [6.07, 6.45) is 1.22. The number of aromatic nitrogens is 2. The van der Waals surface area contributed by atoms with Crippen molar-refractivity contribution in [2.24, 2.45) is 5.73 Å². The second-order valence-corrected chi connectivity index (χ2v) is 5.88. The first kappa shape index (κ1) is 13.4. The maximum Gasteiger partial charge on any atom is 0.323 e. The van der Waals surface area contributed by atoms with Crippen LogP contribution in [0.1, 0.15) is 25.6 Å². The van der Waals surface area contributed by atoms with Crippen LogP contribution in [0.5, 0.6) is 0 Å². The molecule has 3 N–H and O–H groups in total. The molecule has 0 saturated carbocycles. The van der Waals surface area contributed by atoms with Gasteiger partial charge in [0, 0.05) is 5.75 Å². The summed E-state index contributed by atoms with van der Waals surface area (Å²) in [6.45, 7) is 3.39. The van der Waals surface area contributed by atoms with Crippen molar-refractivity contribution >= 4 is 29.3 Å². The SMILES string of the molecule is Cc1nsc(SCCCC(C)(N)C(=O)O)n1. The number of hydrogen-bond acceptors (Lipinski definition) is 6. The quantitative estimate of drug-likeness (QED) is 0.596. The number of rotatable bonds is 6. The molecule has 1 atom stereocenters. The maximum absolute atomic E-state index is 10.7. The topological polar surface area (TPSA) is 89.1 Å². The molecular formula is C9H15N3O2S2. The second-order valence-electron chi connectivity index (χ2n) is 3.78. The Kier molecular flexibility index (Phi) is 4.69. The smallest absolute Gasteiger partial charge is 0.323 e. The fraction of sp³-hybridized carbons (Fsp3) is 0.667. The Hall–Kier alpha value is -0.660. The molecule has 0 amide bonds. The van der Waals surface area contributed by atoms with E-state index in [9.17, 15) is 4.79 Å². The Morgan fingerprint density at radius 1 is 1.69 bits per heavy atom. The summed E-state index contributed by atoms with van der Waals surface area (Å²) in [5.41, 5.74) is 4.48. The number of carboxylic acid groups (broad SMARTS) is 1. The Bertz CT molecular complexity index is 365. The van der Waals surface area contributed by atoms with Crippen LogP contribution in [0.25, 0.3) is 0 Å². The van der Waals surface area contributed by atoms with Gasteiger partial charge in [-0.15, -0.1) is 0 Å². The van der Waals surface area contributed by atoms with E-state index in [0.717, 1.165) is 22.3 Å². The first-order valence-electron chi connectivity index (χ1n) is 4.87. The van der Waals surface area contributed by atoms with Crippen molar-refractivity contribution in [1.29, 1.82) is 0 Å². The monoisotopic (exact) mass is 261 g/mol. The van der Waals surface area contributed by atoms with Gasteiger partial charge in [-0.2, -0.15) is 4.37 Å². The van der Waals surface area contributed by atoms with Crippen LogP contribution in [0, 0.1) is 6.92 Å². The summed E-state index contributed by atoms with van der Waals surface area (Å²) >= 11 is 2.96. The average Bonchev–Trinajstić information content (AvgIpc) is 2.59. The van der Waals surface area contributed by atoms with Gasteiger partial charge >= 0.3 is 5.97 Å². The molecule has 0 spiro atoms. The average molecular weight is 261 g/mol. The van der Waals surface area contributed by atoms with E-state index in [1.54, 1.807) is 11.8 Å². The van der Waals surface area contributed by atoms with Gasteiger partial charge in [-0.1, -0.05) is 11.8 Å². The van der Waals surface area contributed by atoms with Crippen molar-refractivity contribution in [3.8, 4) is 0 Å². The van der Waals surface area contributed by atoms with Crippen molar-refractivity contribution in [3.05, 3.63) is 5.82 Å². The summed E-state index contributed by atoms with van der Waals surface area (Å²) in [5.74, 6) is 0.639. The van der Waals surface area contributed by atoms with Crippen LogP contribution >= 0.6 is 23.3 Å². The fourth-order valence-electron chi connectivity index (χ4n) is 1.04. The number of carboxylic acids is 1. The lowest BCUT2D eigenvalue weighted by molar-refractivity contribution is -0.142. The first-order valence-corrected chi connectivity index (χ1v) is 6.63. The van der Waals surface area contributed by atoms with Crippen LogP contribution in [-0.4, -0.2) is 31.7 Å². The van der Waals surface area contributed by atoms with Crippen molar-refractivity contribution in [1.82, 2.24) is 9.36 Å². The molecule has 0 aromatic carbocycles. The molecule has 0 bridgehead atoms. The molecule has 0 saturated heterocycles. The van der Waals surface area contributed by atoms with E-state index in [4.69, 9.17) is 10.8 Å². The number of hydrogen-bond donors (Lipinski definition) is 2. The Morgan fingerprint density at radius 2 is 2.38 bits per heavy atom. The summed E-state index contributed by atoms with van der Waals surface area (Å²) in [5, 5.41) is 8.81. The Morgan fingerprint density at radius 3 is 2.88 bits per heavy atom. The van der Waals surface area contributed by atoms with Gasteiger partial charge in [0.25, 0.3) is 0 Å². The lowest BCUT2D eigenvalue weighted by atomic mass is 9.98. The van der Waals surface area contributed by atoms with Crippen molar-refractivity contribution in [2.45, 2.75) is 36.6 Å². The second kappa shape index (κ2) is 5.60. The van der Waals surface area contributed by atoms with Gasteiger partial charge in [0.05, 0.1) is 0 Å². The third-order valence-corrected chi connectivity index (χ3v) is 4.07. The highest BCUT2D eigenvalue weighted by atomic mass is 32.2. The molecule has 16 heavy (non-hydrogen) atoms. The lowest BCUT2D eigenvalue weighted by Crippen LogP contribution is -2.44. The Balaban J connectivity index is 2.24. The molecule has 1 aromatic rings. The number of aliphatic carboxylic acids is 1. The molecule has 0 aliphatic carbocycles. The van der Waals surface area contributed by atoms with Crippen LogP contribution in [0.3, 0.4) is 0 Å². The van der Waals surface area contributed by atoms with Crippen LogP contribution in [0.2, 0.25) is 0 Å². The van der Waals surface area contributed by atoms with E-state index in [2.05, 4.69) is 9.36 Å². The highest BCUT2D eigenvalue weighted by Gasteiger charge is 2.26. The van der Waals surface area contributed by atoms with Gasteiger partial charge in [0.15, 0.2) is 4.34 Å². The molecule has 7 heteroatoms. The predicted octanol–water partition coefficient (Wildman–Crippen LogP) is 1.52. The highest BCUT2D eigenvalue weighted by molar-refractivity contribution is 8.00. The third kappa shape index (κ3) is 4.07. The number of carbonyl (C=O) groups is 1. The minimum Gasteiger partial charge on any atom is -0.480 e. The highest BCUT2D eigenvalue weighted by Crippen LogP contribution is 2.22. The van der Waals surface area contributed by atoms with Crippen molar-refractivity contribution in [2.75, 3.05) is 5.75 Å².